The number of carbonyl (C=O) groups excluding carboxylic acids is 1. The molecule has 0 aliphatic heterocycles. The highest BCUT2D eigenvalue weighted by molar-refractivity contribution is 6.34. The molecule has 0 aromatic heterocycles. The van der Waals surface area contributed by atoms with Gasteiger partial charge in [0.05, 0.1) is 17.2 Å². The molecule has 1 aromatic rings. The Morgan fingerprint density at radius 2 is 2.33 bits per heavy atom. The van der Waals surface area contributed by atoms with Crippen molar-refractivity contribution in [3.05, 3.63) is 28.3 Å². The van der Waals surface area contributed by atoms with E-state index in [9.17, 15) is 9.90 Å². The lowest BCUT2D eigenvalue weighted by molar-refractivity contribution is 0.0523. The summed E-state index contributed by atoms with van der Waals surface area (Å²) in [6.45, 7) is 1.81. The molecule has 0 saturated carbocycles. The minimum absolute atomic E-state index is 0.0116. The zero-order valence-electron chi connectivity index (χ0n) is 7.95. The van der Waals surface area contributed by atoms with E-state index in [4.69, 9.17) is 21.6 Å². The molecule has 0 heterocycles. The number of aromatic hydroxyl groups is 1. The first-order valence-electron chi connectivity index (χ1n) is 4.20. The summed E-state index contributed by atoms with van der Waals surface area (Å²) in [6.07, 6.45) is 0. The second kappa shape index (κ2) is 4.67. The number of nitriles is 1. The van der Waals surface area contributed by atoms with Crippen molar-refractivity contribution in [2.75, 3.05) is 6.61 Å². The fourth-order valence-electron chi connectivity index (χ4n) is 1.05. The van der Waals surface area contributed by atoms with Crippen LogP contribution in [0.1, 0.15) is 22.8 Å². The van der Waals surface area contributed by atoms with E-state index in [0.29, 0.717) is 0 Å². The minimum atomic E-state index is -0.739. The molecule has 1 rings (SSSR count). The monoisotopic (exact) mass is 225 g/mol. The fraction of sp³-hybridized carbons (Fsp3) is 0.200. The Balaban J connectivity index is 3.28. The molecule has 0 spiro atoms. The first-order valence-corrected chi connectivity index (χ1v) is 4.58. The maximum atomic E-state index is 11.4. The molecule has 1 N–H and O–H groups in total. The number of carbonyl (C=O) groups is 1. The number of esters is 1. The predicted molar refractivity (Wildman–Crippen MR) is 53.8 cm³/mol. The van der Waals surface area contributed by atoms with Crippen molar-refractivity contribution >= 4 is 17.6 Å². The molecule has 0 aliphatic rings. The van der Waals surface area contributed by atoms with Crippen LogP contribution in [0.3, 0.4) is 0 Å². The fourth-order valence-corrected chi connectivity index (χ4v) is 1.28. The van der Waals surface area contributed by atoms with Crippen LogP contribution in [0.2, 0.25) is 5.02 Å². The van der Waals surface area contributed by atoms with Gasteiger partial charge in [-0.2, -0.15) is 5.26 Å². The smallest absolute Gasteiger partial charge is 0.343 e. The standard InChI is InChI=1S/C10H8ClNO3/c1-2-15-10(14)8-7(11)4-3-6(5-12)9(8)13/h3-4,13H,2H2,1H3. The molecule has 4 nitrogen and oxygen atoms in total. The van der Waals surface area contributed by atoms with Gasteiger partial charge in [-0.05, 0) is 19.1 Å². The summed E-state index contributed by atoms with van der Waals surface area (Å²) in [5.74, 6) is -1.18. The van der Waals surface area contributed by atoms with Crippen LogP contribution in [0.5, 0.6) is 5.75 Å². The van der Waals surface area contributed by atoms with Gasteiger partial charge in [0.2, 0.25) is 0 Å². The maximum Gasteiger partial charge on any atom is 0.343 e. The molecule has 0 bridgehead atoms. The van der Waals surface area contributed by atoms with Crippen LogP contribution >= 0.6 is 11.6 Å². The van der Waals surface area contributed by atoms with E-state index >= 15 is 0 Å². The molecule has 78 valence electrons. The van der Waals surface area contributed by atoms with Gasteiger partial charge in [0, 0.05) is 0 Å². The van der Waals surface area contributed by atoms with E-state index < -0.39 is 11.7 Å². The summed E-state index contributed by atoms with van der Waals surface area (Å²) in [7, 11) is 0. The molecule has 0 atom stereocenters. The van der Waals surface area contributed by atoms with Crippen LogP contribution in [0, 0.1) is 11.3 Å². The summed E-state index contributed by atoms with van der Waals surface area (Å²) < 4.78 is 4.70. The molecular weight excluding hydrogens is 218 g/mol. The molecular formula is C10H8ClNO3. The number of phenolic OH excluding ortho intramolecular Hbond substituents is 1. The van der Waals surface area contributed by atoms with Gasteiger partial charge in [0.25, 0.3) is 0 Å². The summed E-state index contributed by atoms with van der Waals surface area (Å²) >= 11 is 5.72. The third-order valence-electron chi connectivity index (χ3n) is 1.73. The van der Waals surface area contributed by atoms with Gasteiger partial charge in [-0.3, -0.25) is 0 Å². The highest BCUT2D eigenvalue weighted by Gasteiger charge is 2.19. The van der Waals surface area contributed by atoms with Crippen molar-refractivity contribution in [1.82, 2.24) is 0 Å². The van der Waals surface area contributed by atoms with Crippen molar-refractivity contribution in [3.63, 3.8) is 0 Å². The third kappa shape index (κ3) is 2.20. The summed E-state index contributed by atoms with van der Waals surface area (Å²) in [5.41, 5.74) is -0.181. The SMILES string of the molecule is CCOC(=O)c1c(Cl)ccc(C#N)c1O. The van der Waals surface area contributed by atoms with Crippen LogP contribution in [-0.4, -0.2) is 17.7 Å². The number of rotatable bonds is 2. The summed E-state index contributed by atoms with van der Waals surface area (Å²) in [4.78, 5) is 11.4. The Kier molecular flexibility index (Phi) is 3.53. The van der Waals surface area contributed by atoms with Crippen LogP contribution in [0.4, 0.5) is 0 Å². The van der Waals surface area contributed by atoms with E-state index in [1.54, 1.807) is 13.0 Å². The lowest BCUT2D eigenvalue weighted by Gasteiger charge is -2.06. The van der Waals surface area contributed by atoms with Crippen LogP contribution in [0.15, 0.2) is 12.1 Å². The average molecular weight is 226 g/mol. The Bertz CT molecular complexity index is 437. The van der Waals surface area contributed by atoms with Crippen molar-refractivity contribution in [3.8, 4) is 11.8 Å². The van der Waals surface area contributed by atoms with Gasteiger partial charge in [-0.25, -0.2) is 4.79 Å². The topological polar surface area (TPSA) is 70.3 Å². The Morgan fingerprint density at radius 1 is 1.67 bits per heavy atom. The van der Waals surface area contributed by atoms with Crippen LogP contribution in [-0.2, 0) is 4.74 Å². The highest BCUT2D eigenvalue weighted by atomic mass is 35.5. The minimum Gasteiger partial charge on any atom is -0.506 e. The van der Waals surface area contributed by atoms with Gasteiger partial charge in [-0.15, -0.1) is 0 Å². The van der Waals surface area contributed by atoms with Crippen molar-refractivity contribution in [2.45, 2.75) is 6.92 Å². The van der Waals surface area contributed by atoms with Crippen LogP contribution in [0.25, 0.3) is 0 Å². The second-order valence-corrected chi connectivity index (χ2v) is 3.06. The van der Waals surface area contributed by atoms with E-state index in [1.165, 1.54) is 12.1 Å². The molecule has 15 heavy (non-hydrogen) atoms. The second-order valence-electron chi connectivity index (χ2n) is 2.65. The maximum absolute atomic E-state index is 11.4. The quantitative estimate of drug-likeness (QED) is 0.783. The number of benzene rings is 1. The van der Waals surface area contributed by atoms with Crippen molar-refractivity contribution in [1.29, 1.82) is 5.26 Å². The molecule has 0 aliphatic carbocycles. The van der Waals surface area contributed by atoms with E-state index in [2.05, 4.69) is 0 Å². The van der Waals surface area contributed by atoms with Gasteiger partial charge in [-0.1, -0.05) is 11.6 Å². The molecule has 1 aromatic carbocycles. The van der Waals surface area contributed by atoms with Crippen molar-refractivity contribution in [2.24, 2.45) is 0 Å². The number of nitrogens with zero attached hydrogens (tertiary/aromatic N) is 1. The van der Waals surface area contributed by atoms with Crippen LogP contribution < -0.4 is 0 Å². The zero-order valence-corrected chi connectivity index (χ0v) is 8.71. The van der Waals surface area contributed by atoms with Crippen molar-refractivity contribution < 1.29 is 14.6 Å². The largest absolute Gasteiger partial charge is 0.506 e. The number of hydrogen-bond donors (Lipinski definition) is 1. The third-order valence-corrected chi connectivity index (χ3v) is 2.04. The van der Waals surface area contributed by atoms with E-state index in [1.807, 2.05) is 0 Å². The van der Waals surface area contributed by atoms with E-state index in [-0.39, 0.29) is 22.8 Å². The Labute approximate surface area is 91.7 Å². The number of hydrogen-bond acceptors (Lipinski definition) is 4. The molecule has 0 saturated heterocycles. The summed E-state index contributed by atoms with van der Waals surface area (Å²) in [6, 6.07) is 4.44. The van der Waals surface area contributed by atoms with E-state index in [0.717, 1.165) is 0 Å². The zero-order chi connectivity index (χ0) is 11.4. The molecule has 0 fully saturated rings. The first-order chi connectivity index (χ1) is 7.11. The van der Waals surface area contributed by atoms with Gasteiger partial charge in [0.15, 0.2) is 0 Å². The Morgan fingerprint density at radius 3 is 2.87 bits per heavy atom. The lowest BCUT2D eigenvalue weighted by Crippen LogP contribution is -2.06. The average Bonchev–Trinajstić information content (AvgIpc) is 2.18. The molecule has 0 amide bonds. The molecule has 0 radical (unpaired) electrons. The number of halogens is 1. The highest BCUT2D eigenvalue weighted by Crippen LogP contribution is 2.29. The van der Waals surface area contributed by atoms with Gasteiger partial charge >= 0.3 is 5.97 Å². The number of ether oxygens (including phenoxy) is 1. The van der Waals surface area contributed by atoms with Gasteiger partial charge < -0.3 is 9.84 Å². The Hall–Kier alpha value is -1.73. The number of phenols is 1. The first kappa shape index (κ1) is 11.3. The molecule has 0 unspecified atom stereocenters. The van der Waals surface area contributed by atoms with Gasteiger partial charge in [0.1, 0.15) is 17.4 Å². The predicted octanol–water partition coefficient (Wildman–Crippen LogP) is 2.09. The summed E-state index contributed by atoms with van der Waals surface area (Å²) in [5, 5.41) is 18.3. The lowest BCUT2D eigenvalue weighted by atomic mass is 10.1. The normalized spacial score (nSPS) is 9.40. The molecule has 5 heteroatoms.